The first kappa shape index (κ1) is 12.5. The molecule has 2 aliphatic rings. The van der Waals surface area contributed by atoms with Crippen molar-refractivity contribution < 1.29 is 9.59 Å². The summed E-state index contributed by atoms with van der Waals surface area (Å²) in [6.45, 7) is 0.500. The molecule has 1 aromatic rings. The van der Waals surface area contributed by atoms with E-state index in [1.165, 1.54) is 11.3 Å². The number of rotatable bonds is 3. The van der Waals surface area contributed by atoms with E-state index in [2.05, 4.69) is 0 Å². The average molecular weight is 276 g/mol. The Labute approximate surface area is 116 Å². The van der Waals surface area contributed by atoms with E-state index in [-0.39, 0.29) is 16.6 Å². The second-order valence-electron chi connectivity index (χ2n) is 5.21. The lowest BCUT2D eigenvalue weighted by molar-refractivity contribution is 0.0619. The third kappa shape index (κ3) is 1.75. The van der Waals surface area contributed by atoms with E-state index >= 15 is 0 Å². The zero-order chi connectivity index (χ0) is 13.6. The van der Waals surface area contributed by atoms with Crippen LogP contribution in [0.4, 0.5) is 5.69 Å². The summed E-state index contributed by atoms with van der Waals surface area (Å²) in [5.74, 6) is -0.439. The van der Waals surface area contributed by atoms with E-state index in [9.17, 15) is 9.59 Å². The summed E-state index contributed by atoms with van der Waals surface area (Å²) < 4.78 is 0.0577. The number of hydrogen-bond acceptors (Lipinski definition) is 4. The van der Waals surface area contributed by atoms with Crippen LogP contribution < -0.4 is 5.73 Å². The fraction of sp³-hybridized carbons (Fsp3) is 0.429. The Bertz CT molecular complexity index is 561. The molecule has 1 aromatic carbocycles. The van der Waals surface area contributed by atoms with Gasteiger partial charge in [-0.3, -0.25) is 14.5 Å². The van der Waals surface area contributed by atoms with Gasteiger partial charge in [0.25, 0.3) is 11.8 Å². The zero-order valence-corrected chi connectivity index (χ0v) is 11.6. The fourth-order valence-electron chi connectivity index (χ4n) is 2.79. The normalized spacial score (nSPS) is 20.4. The molecule has 0 saturated heterocycles. The standard InChI is InChI=1S/C14H16N2O2S/c1-19-14(6-3-7-14)8-16-12(17)9-4-2-5-10(15)11(9)13(16)18/h2,4-5H,3,6-8,15H2,1H3. The highest BCUT2D eigenvalue weighted by Crippen LogP contribution is 2.44. The Morgan fingerprint density at radius 2 is 2.05 bits per heavy atom. The van der Waals surface area contributed by atoms with Gasteiger partial charge in [0.15, 0.2) is 0 Å². The van der Waals surface area contributed by atoms with E-state index in [1.54, 1.807) is 30.0 Å². The molecule has 3 rings (SSSR count). The van der Waals surface area contributed by atoms with Crippen LogP contribution in [0, 0.1) is 0 Å². The predicted molar refractivity (Wildman–Crippen MR) is 76.3 cm³/mol. The summed E-state index contributed by atoms with van der Waals surface area (Å²) >= 11 is 1.76. The largest absolute Gasteiger partial charge is 0.398 e. The molecule has 1 aliphatic carbocycles. The molecule has 0 atom stereocenters. The van der Waals surface area contributed by atoms with Crippen molar-refractivity contribution in [2.75, 3.05) is 18.5 Å². The lowest BCUT2D eigenvalue weighted by Gasteiger charge is -2.42. The molecule has 19 heavy (non-hydrogen) atoms. The Balaban J connectivity index is 1.93. The lowest BCUT2D eigenvalue weighted by Crippen LogP contribution is -2.47. The van der Waals surface area contributed by atoms with Crippen LogP contribution in [0.2, 0.25) is 0 Å². The van der Waals surface area contributed by atoms with Gasteiger partial charge >= 0.3 is 0 Å². The Kier molecular flexibility index (Phi) is 2.82. The van der Waals surface area contributed by atoms with Gasteiger partial charge in [-0.05, 0) is 31.2 Å². The van der Waals surface area contributed by atoms with Crippen LogP contribution in [-0.2, 0) is 0 Å². The van der Waals surface area contributed by atoms with E-state index in [0.717, 1.165) is 12.8 Å². The third-order valence-corrected chi connectivity index (χ3v) is 5.58. The number of thioether (sulfide) groups is 1. The molecule has 1 heterocycles. The third-order valence-electron chi connectivity index (χ3n) is 4.18. The molecule has 100 valence electrons. The van der Waals surface area contributed by atoms with Crippen molar-refractivity contribution in [3.63, 3.8) is 0 Å². The number of fused-ring (bicyclic) bond motifs is 1. The van der Waals surface area contributed by atoms with Crippen LogP contribution in [0.3, 0.4) is 0 Å². The predicted octanol–water partition coefficient (Wildman–Crippen LogP) is 2.15. The topological polar surface area (TPSA) is 63.4 Å². The highest BCUT2D eigenvalue weighted by molar-refractivity contribution is 8.00. The molecule has 4 nitrogen and oxygen atoms in total. The number of imide groups is 1. The van der Waals surface area contributed by atoms with Gasteiger partial charge in [-0.25, -0.2) is 0 Å². The van der Waals surface area contributed by atoms with Crippen LogP contribution in [0.1, 0.15) is 40.0 Å². The van der Waals surface area contributed by atoms with Gasteiger partial charge in [-0.1, -0.05) is 12.5 Å². The van der Waals surface area contributed by atoms with Gasteiger partial charge in [-0.15, -0.1) is 0 Å². The van der Waals surface area contributed by atoms with E-state index < -0.39 is 0 Å². The average Bonchev–Trinajstić information content (AvgIpc) is 2.59. The van der Waals surface area contributed by atoms with Gasteiger partial charge < -0.3 is 5.73 Å². The molecule has 1 saturated carbocycles. The van der Waals surface area contributed by atoms with Gasteiger partial charge in [-0.2, -0.15) is 11.8 Å². The summed E-state index contributed by atoms with van der Waals surface area (Å²) in [6, 6.07) is 5.07. The number of nitrogen functional groups attached to an aromatic ring is 1. The summed E-state index contributed by atoms with van der Waals surface area (Å²) in [4.78, 5) is 26.1. The number of carbonyl (C=O) groups excluding carboxylic acids is 2. The van der Waals surface area contributed by atoms with E-state index in [0.29, 0.717) is 23.4 Å². The first-order valence-corrected chi connectivity index (χ1v) is 7.60. The van der Waals surface area contributed by atoms with Crippen molar-refractivity contribution in [2.45, 2.75) is 24.0 Å². The van der Waals surface area contributed by atoms with Crippen LogP contribution in [-0.4, -0.2) is 34.3 Å². The van der Waals surface area contributed by atoms with Crippen LogP contribution in [0.25, 0.3) is 0 Å². The van der Waals surface area contributed by atoms with Gasteiger partial charge in [0, 0.05) is 17.0 Å². The lowest BCUT2D eigenvalue weighted by atomic mass is 9.84. The molecule has 0 bridgehead atoms. The first-order valence-electron chi connectivity index (χ1n) is 6.38. The molecule has 0 radical (unpaired) electrons. The molecule has 2 amide bonds. The van der Waals surface area contributed by atoms with Crippen molar-refractivity contribution in [3.8, 4) is 0 Å². The number of anilines is 1. The van der Waals surface area contributed by atoms with Crippen LogP contribution in [0.15, 0.2) is 18.2 Å². The minimum Gasteiger partial charge on any atom is -0.398 e. The number of nitrogens with zero attached hydrogens (tertiary/aromatic N) is 1. The summed E-state index contributed by atoms with van der Waals surface area (Å²) in [7, 11) is 0. The number of carbonyl (C=O) groups is 2. The van der Waals surface area contributed by atoms with Gasteiger partial charge in [0.05, 0.1) is 11.1 Å². The fourth-order valence-corrected chi connectivity index (χ4v) is 3.74. The van der Waals surface area contributed by atoms with Crippen molar-refractivity contribution in [1.82, 2.24) is 4.90 Å². The van der Waals surface area contributed by atoms with Crippen molar-refractivity contribution in [2.24, 2.45) is 0 Å². The number of amides is 2. The molecule has 0 aromatic heterocycles. The monoisotopic (exact) mass is 276 g/mol. The Morgan fingerprint density at radius 3 is 2.58 bits per heavy atom. The Morgan fingerprint density at radius 1 is 1.32 bits per heavy atom. The zero-order valence-electron chi connectivity index (χ0n) is 10.8. The maximum absolute atomic E-state index is 12.4. The second kappa shape index (κ2) is 4.27. The summed E-state index contributed by atoms with van der Waals surface area (Å²) in [5.41, 5.74) is 7.04. The quantitative estimate of drug-likeness (QED) is 0.678. The number of benzene rings is 1. The molecular weight excluding hydrogens is 260 g/mol. The minimum absolute atomic E-state index is 0.0577. The second-order valence-corrected chi connectivity index (χ2v) is 6.48. The minimum atomic E-state index is -0.238. The molecule has 5 heteroatoms. The molecule has 0 spiro atoms. The smallest absolute Gasteiger partial charge is 0.263 e. The maximum Gasteiger partial charge on any atom is 0.263 e. The highest BCUT2D eigenvalue weighted by atomic mass is 32.2. The maximum atomic E-state index is 12.4. The molecule has 1 fully saturated rings. The van der Waals surface area contributed by atoms with Crippen molar-refractivity contribution in [3.05, 3.63) is 29.3 Å². The highest BCUT2D eigenvalue weighted by Gasteiger charge is 2.44. The van der Waals surface area contributed by atoms with Crippen LogP contribution in [0.5, 0.6) is 0 Å². The van der Waals surface area contributed by atoms with Crippen LogP contribution >= 0.6 is 11.8 Å². The van der Waals surface area contributed by atoms with Gasteiger partial charge in [0.1, 0.15) is 0 Å². The van der Waals surface area contributed by atoms with E-state index in [4.69, 9.17) is 5.73 Å². The number of nitrogens with two attached hydrogens (primary N) is 1. The first-order chi connectivity index (χ1) is 9.08. The van der Waals surface area contributed by atoms with Gasteiger partial charge in [0.2, 0.25) is 0 Å². The number of hydrogen-bond donors (Lipinski definition) is 1. The van der Waals surface area contributed by atoms with Crippen molar-refractivity contribution in [1.29, 1.82) is 0 Å². The Hall–Kier alpha value is -1.49. The molecule has 0 unspecified atom stereocenters. The van der Waals surface area contributed by atoms with E-state index in [1.807, 2.05) is 6.26 Å². The summed E-state index contributed by atoms with van der Waals surface area (Å²) in [6.07, 6.45) is 5.35. The molecular formula is C14H16N2O2S. The molecule has 2 N–H and O–H groups in total. The van der Waals surface area contributed by atoms with Crippen molar-refractivity contribution >= 4 is 29.3 Å². The molecule has 1 aliphatic heterocycles. The SMILES string of the molecule is CSC1(CN2C(=O)c3cccc(N)c3C2=O)CCC1. The summed E-state index contributed by atoms with van der Waals surface area (Å²) in [5, 5.41) is 0.